The number of rotatable bonds is 4. The van der Waals surface area contributed by atoms with E-state index in [0.717, 1.165) is 0 Å². The van der Waals surface area contributed by atoms with E-state index in [4.69, 9.17) is 22.3 Å². The average Bonchev–Trinajstić information content (AvgIpc) is 2.78. The van der Waals surface area contributed by atoms with E-state index >= 15 is 0 Å². The van der Waals surface area contributed by atoms with Crippen LogP contribution in [0.3, 0.4) is 0 Å². The Morgan fingerprint density at radius 2 is 1.82 bits per heavy atom. The number of nitrogen functional groups attached to an aromatic ring is 1. The number of aromatic nitrogens is 4. The fraction of sp³-hybridized carbons (Fsp3) is 0.200. The molecule has 3 N–H and O–H groups in total. The van der Waals surface area contributed by atoms with Crippen LogP contribution in [0.15, 0.2) is 59.5 Å². The fourth-order valence-corrected chi connectivity index (χ4v) is 4.21. The predicted octanol–water partition coefficient (Wildman–Crippen LogP) is 4.81. The Kier molecular flexibility index (Phi) is 6.42. The van der Waals surface area contributed by atoms with Crippen molar-refractivity contribution in [3.63, 3.8) is 0 Å². The van der Waals surface area contributed by atoms with Gasteiger partial charge in [-0.15, -0.1) is 5.54 Å². The van der Waals surface area contributed by atoms with Gasteiger partial charge in [-0.1, -0.05) is 61.4 Å². The Balaban J connectivity index is 1.87. The Hall–Kier alpha value is -3.67. The highest BCUT2D eigenvalue weighted by Gasteiger charge is 2.20. The van der Waals surface area contributed by atoms with E-state index in [1.807, 2.05) is 37.3 Å². The number of fused-ring (bicyclic) bond motifs is 1. The smallest absolute Gasteiger partial charge is 0.267 e. The summed E-state index contributed by atoms with van der Waals surface area (Å²) < 4.78 is 1.57. The predicted molar refractivity (Wildman–Crippen MR) is 141 cm³/mol. The molecule has 0 spiro atoms. The molecule has 0 amide bonds. The van der Waals surface area contributed by atoms with Gasteiger partial charge in [-0.05, 0) is 31.2 Å². The highest BCUT2D eigenvalue weighted by molar-refractivity contribution is 6.83. The van der Waals surface area contributed by atoms with Gasteiger partial charge >= 0.3 is 0 Å². The number of benzene rings is 2. The molecule has 2 heterocycles. The lowest BCUT2D eigenvalue weighted by Gasteiger charge is -2.21. The molecule has 0 radical (unpaired) electrons. The maximum Gasteiger partial charge on any atom is 0.267 e. The molecule has 2 aromatic carbocycles. The first kappa shape index (κ1) is 23.5. The molecule has 0 bridgehead atoms. The summed E-state index contributed by atoms with van der Waals surface area (Å²) in [5.74, 6) is 4.32. The zero-order chi connectivity index (χ0) is 24.5. The van der Waals surface area contributed by atoms with Gasteiger partial charge in [0.1, 0.15) is 19.7 Å². The Morgan fingerprint density at radius 3 is 2.53 bits per heavy atom. The molecule has 0 aliphatic rings. The van der Waals surface area contributed by atoms with Crippen LogP contribution in [0.5, 0.6) is 0 Å². The van der Waals surface area contributed by atoms with E-state index in [2.05, 4.69) is 46.4 Å². The van der Waals surface area contributed by atoms with Gasteiger partial charge in [0.05, 0.1) is 39.4 Å². The van der Waals surface area contributed by atoms with E-state index in [0.29, 0.717) is 38.8 Å². The molecule has 7 nitrogen and oxygen atoms in total. The molecule has 0 unspecified atom stereocenters. The molecule has 172 valence electrons. The first-order valence-electron chi connectivity index (χ1n) is 10.8. The first-order valence-corrected chi connectivity index (χ1v) is 14.7. The summed E-state index contributed by atoms with van der Waals surface area (Å²) in [7, 11) is -1.62. The van der Waals surface area contributed by atoms with Crippen molar-refractivity contribution in [1.82, 2.24) is 19.5 Å². The van der Waals surface area contributed by atoms with Crippen molar-refractivity contribution in [1.29, 1.82) is 0 Å². The number of para-hydroxylation sites is 1. The number of anilines is 2. The van der Waals surface area contributed by atoms with Crippen LogP contribution in [0.25, 0.3) is 16.6 Å². The highest BCUT2D eigenvalue weighted by atomic mass is 35.5. The van der Waals surface area contributed by atoms with E-state index in [1.54, 1.807) is 29.0 Å². The van der Waals surface area contributed by atoms with Gasteiger partial charge in [-0.3, -0.25) is 9.36 Å². The van der Waals surface area contributed by atoms with Gasteiger partial charge < -0.3 is 11.1 Å². The van der Waals surface area contributed by atoms with Crippen LogP contribution in [0.1, 0.15) is 24.4 Å². The van der Waals surface area contributed by atoms with Crippen LogP contribution in [0.2, 0.25) is 24.7 Å². The van der Waals surface area contributed by atoms with E-state index in [9.17, 15) is 4.79 Å². The number of halogens is 1. The van der Waals surface area contributed by atoms with Gasteiger partial charge in [0.25, 0.3) is 5.56 Å². The van der Waals surface area contributed by atoms with Crippen molar-refractivity contribution in [2.45, 2.75) is 32.6 Å². The molecule has 4 rings (SSSR count). The Morgan fingerprint density at radius 1 is 1.09 bits per heavy atom. The zero-order valence-corrected chi connectivity index (χ0v) is 21.2. The summed E-state index contributed by atoms with van der Waals surface area (Å²) in [6, 6.07) is 14.2. The minimum Gasteiger partial charge on any atom is -0.368 e. The summed E-state index contributed by atoms with van der Waals surface area (Å²) in [6.07, 6.45) is 1.61. The van der Waals surface area contributed by atoms with Crippen LogP contribution in [-0.2, 0) is 0 Å². The number of nitrogens with two attached hydrogens (primary N) is 1. The van der Waals surface area contributed by atoms with E-state index in [1.165, 1.54) is 0 Å². The third-order valence-electron chi connectivity index (χ3n) is 5.01. The number of hydrogen-bond acceptors (Lipinski definition) is 6. The molecule has 0 aliphatic carbocycles. The maximum absolute atomic E-state index is 13.6. The molecule has 0 aliphatic heterocycles. The van der Waals surface area contributed by atoms with Crippen molar-refractivity contribution in [3.8, 4) is 17.2 Å². The van der Waals surface area contributed by atoms with Crippen LogP contribution in [-0.4, -0.2) is 27.6 Å². The molecule has 4 aromatic rings. The van der Waals surface area contributed by atoms with Crippen LogP contribution in [0.4, 0.5) is 11.8 Å². The highest BCUT2D eigenvalue weighted by Crippen LogP contribution is 2.25. The van der Waals surface area contributed by atoms with Gasteiger partial charge in [0.15, 0.2) is 0 Å². The normalized spacial score (nSPS) is 12.1. The largest absolute Gasteiger partial charge is 0.368 e. The van der Waals surface area contributed by atoms with Crippen LogP contribution < -0.4 is 16.6 Å². The van der Waals surface area contributed by atoms with Crippen LogP contribution in [0, 0.1) is 11.5 Å². The summed E-state index contributed by atoms with van der Waals surface area (Å²) in [6.45, 7) is 8.40. The Bertz CT molecular complexity index is 1490. The number of nitrogens with one attached hydrogen (secondary N) is 1. The van der Waals surface area contributed by atoms with Gasteiger partial charge in [-0.2, -0.15) is 4.98 Å². The van der Waals surface area contributed by atoms with Crippen molar-refractivity contribution >= 4 is 42.3 Å². The van der Waals surface area contributed by atoms with Gasteiger partial charge in [0, 0.05) is 0 Å². The van der Waals surface area contributed by atoms with Crippen molar-refractivity contribution in [2.75, 3.05) is 11.1 Å². The first-order chi connectivity index (χ1) is 16.1. The average molecular weight is 489 g/mol. The van der Waals surface area contributed by atoms with Gasteiger partial charge in [-0.25, -0.2) is 9.97 Å². The standard InChI is InChI=1S/C25H25ClN6OSi/c1-16(29-22-17(13-14-34(2,3)4)15-28-25(27)31-22)23-30-20-12-8-11-19(26)21(20)24(33)32(23)18-9-6-5-7-10-18/h5-12,15-16H,1-4H3,(H3,27,28,29,31)/t16-/m1/s1. The van der Waals surface area contributed by atoms with E-state index < -0.39 is 14.1 Å². The minimum absolute atomic E-state index is 0.131. The second-order valence-electron chi connectivity index (χ2n) is 8.94. The van der Waals surface area contributed by atoms with Gasteiger partial charge in [0.2, 0.25) is 5.95 Å². The molecular weight excluding hydrogens is 464 g/mol. The zero-order valence-electron chi connectivity index (χ0n) is 19.4. The lowest BCUT2D eigenvalue weighted by molar-refractivity contribution is 0.730. The Labute approximate surface area is 204 Å². The molecule has 2 aromatic heterocycles. The van der Waals surface area contributed by atoms with E-state index in [-0.39, 0.29) is 11.5 Å². The second kappa shape index (κ2) is 9.29. The maximum atomic E-state index is 13.6. The summed E-state index contributed by atoms with van der Waals surface area (Å²) >= 11 is 6.38. The fourth-order valence-electron chi connectivity index (χ4n) is 3.45. The molecule has 1 atom stereocenters. The third kappa shape index (κ3) is 4.96. The molecule has 0 saturated heterocycles. The van der Waals surface area contributed by atoms with Crippen molar-refractivity contribution in [2.24, 2.45) is 0 Å². The quantitative estimate of drug-likeness (QED) is 0.316. The molecular formula is C25H25ClN6OSi. The summed E-state index contributed by atoms with van der Waals surface area (Å²) in [5, 5.41) is 4.08. The monoisotopic (exact) mass is 488 g/mol. The molecule has 9 heteroatoms. The number of hydrogen-bond donors (Lipinski definition) is 2. The summed E-state index contributed by atoms with van der Waals surface area (Å²) in [4.78, 5) is 26.9. The van der Waals surface area contributed by atoms with Crippen molar-refractivity contribution < 1.29 is 0 Å². The molecule has 0 fully saturated rings. The topological polar surface area (TPSA) is 98.7 Å². The third-order valence-corrected chi connectivity index (χ3v) is 6.20. The van der Waals surface area contributed by atoms with Crippen LogP contribution >= 0.6 is 11.6 Å². The molecule has 0 saturated carbocycles. The lowest BCUT2D eigenvalue weighted by atomic mass is 10.2. The minimum atomic E-state index is -1.62. The van der Waals surface area contributed by atoms with Crippen molar-refractivity contribution in [3.05, 3.63) is 81.5 Å². The SMILES string of the molecule is C[C@@H](Nc1nc(N)ncc1C#C[Si](C)(C)C)c1nc2cccc(Cl)c2c(=O)n1-c1ccccc1. The molecule has 34 heavy (non-hydrogen) atoms. The second-order valence-corrected chi connectivity index (χ2v) is 14.1. The number of nitrogens with zero attached hydrogens (tertiary/aromatic N) is 4. The summed E-state index contributed by atoms with van der Waals surface area (Å²) in [5.41, 5.74) is 10.8. The lowest BCUT2D eigenvalue weighted by Crippen LogP contribution is -2.27.